The van der Waals surface area contributed by atoms with Crippen LogP contribution in [-0.2, 0) is 13.1 Å². The zero-order valence-electron chi connectivity index (χ0n) is 19.4. The second-order valence-corrected chi connectivity index (χ2v) is 8.99. The molecule has 0 unspecified atom stereocenters. The first-order valence-corrected chi connectivity index (χ1v) is 11.7. The number of aliphatic hydroxyl groups is 2. The number of hydrogen-bond donors (Lipinski definition) is 2. The molecule has 2 atom stereocenters. The first-order chi connectivity index (χ1) is 16.9. The summed E-state index contributed by atoms with van der Waals surface area (Å²) in [7, 11) is 1.59. The average Bonchev–Trinajstić information content (AvgIpc) is 3.37. The predicted molar refractivity (Wildman–Crippen MR) is 128 cm³/mol. The Bertz CT molecular complexity index is 1120. The number of benzene rings is 2. The molecule has 2 N–H and O–H groups in total. The van der Waals surface area contributed by atoms with E-state index in [9.17, 15) is 14.6 Å². The van der Waals surface area contributed by atoms with Crippen molar-refractivity contribution < 1.29 is 28.8 Å². The van der Waals surface area contributed by atoms with Gasteiger partial charge in [-0.3, -0.25) is 9.58 Å². The van der Waals surface area contributed by atoms with Gasteiger partial charge in [-0.15, -0.1) is 0 Å². The molecule has 8 nitrogen and oxygen atoms in total. The van der Waals surface area contributed by atoms with Crippen LogP contribution in [0.5, 0.6) is 17.2 Å². The number of hydrogen-bond acceptors (Lipinski definition) is 7. The van der Waals surface area contributed by atoms with Crippen LogP contribution in [0.3, 0.4) is 0 Å². The first-order valence-electron chi connectivity index (χ1n) is 11.3. The van der Waals surface area contributed by atoms with Crippen LogP contribution in [0.15, 0.2) is 54.9 Å². The van der Waals surface area contributed by atoms with Crippen LogP contribution in [0.1, 0.15) is 12.0 Å². The second kappa shape index (κ2) is 11.3. The smallest absolute Gasteiger partial charge is 0.161 e. The van der Waals surface area contributed by atoms with Crippen LogP contribution in [-0.4, -0.2) is 70.0 Å². The third-order valence-corrected chi connectivity index (χ3v) is 6.29. The number of rotatable bonds is 10. The minimum atomic E-state index is -1.51. The molecule has 1 saturated heterocycles. The molecule has 1 aliphatic rings. The Labute approximate surface area is 208 Å². The summed E-state index contributed by atoms with van der Waals surface area (Å²) in [6, 6.07) is 11.6. The molecule has 2 aromatic carbocycles. The molecule has 10 heteroatoms. The van der Waals surface area contributed by atoms with Crippen LogP contribution in [0.4, 0.5) is 4.39 Å². The van der Waals surface area contributed by atoms with Crippen LogP contribution in [0, 0.1) is 5.82 Å². The van der Waals surface area contributed by atoms with E-state index in [1.807, 2.05) is 35.4 Å². The fourth-order valence-corrected chi connectivity index (χ4v) is 4.18. The summed E-state index contributed by atoms with van der Waals surface area (Å²) in [6.07, 6.45) is 3.01. The fourth-order valence-electron chi connectivity index (χ4n) is 4.07. The lowest BCUT2D eigenvalue weighted by Gasteiger charge is -2.42. The monoisotopic (exact) mass is 505 g/mol. The summed E-state index contributed by atoms with van der Waals surface area (Å²) in [6.45, 7) is 2.22. The standard InChI is InChI=1S/C25H29ClFN3O5/c1-33-23-13-18(3-6-22(23)34-12-11-30-9-2-8-28-30)15-29-10-7-24(31)25(32,16-29)17-35-19-4-5-20(26)21(27)14-19/h2-6,8-9,13-14,24,31-32H,7,10-12,15-17H2,1H3/t24-,25-/m0/s1. The summed E-state index contributed by atoms with van der Waals surface area (Å²) < 4.78 is 32.4. The highest BCUT2D eigenvalue weighted by atomic mass is 35.5. The van der Waals surface area contributed by atoms with Gasteiger partial charge in [0.1, 0.15) is 30.4 Å². The zero-order chi connectivity index (χ0) is 24.8. The minimum absolute atomic E-state index is 0.00954. The summed E-state index contributed by atoms with van der Waals surface area (Å²) >= 11 is 5.71. The lowest BCUT2D eigenvalue weighted by Crippen LogP contribution is -2.59. The maximum atomic E-state index is 13.7. The van der Waals surface area contributed by atoms with E-state index >= 15 is 0 Å². The Morgan fingerprint density at radius 1 is 1.20 bits per heavy atom. The summed E-state index contributed by atoms with van der Waals surface area (Å²) in [5, 5.41) is 25.7. The molecule has 0 radical (unpaired) electrons. The van der Waals surface area contributed by atoms with Crippen molar-refractivity contribution in [2.75, 3.05) is 33.4 Å². The molecule has 188 valence electrons. The Morgan fingerprint density at radius 3 is 2.80 bits per heavy atom. The summed E-state index contributed by atoms with van der Waals surface area (Å²) in [5.74, 6) is 0.878. The third-order valence-electron chi connectivity index (χ3n) is 5.99. The van der Waals surface area contributed by atoms with Gasteiger partial charge in [0.05, 0.1) is 24.8 Å². The molecule has 0 aliphatic carbocycles. The highest BCUT2D eigenvalue weighted by molar-refractivity contribution is 6.30. The quantitative estimate of drug-likeness (QED) is 0.437. The van der Waals surface area contributed by atoms with E-state index in [1.165, 1.54) is 12.1 Å². The molecule has 0 bridgehead atoms. The molecule has 0 spiro atoms. The summed E-state index contributed by atoms with van der Waals surface area (Å²) in [4.78, 5) is 2.03. The van der Waals surface area contributed by atoms with Crippen LogP contribution in [0.2, 0.25) is 5.02 Å². The van der Waals surface area contributed by atoms with Crippen molar-refractivity contribution in [3.63, 3.8) is 0 Å². The van der Waals surface area contributed by atoms with E-state index in [1.54, 1.807) is 18.0 Å². The van der Waals surface area contributed by atoms with Gasteiger partial charge in [0.15, 0.2) is 11.5 Å². The number of aliphatic hydroxyl groups excluding tert-OH is 1. The topological polar surface area (TPSA) is 89.2 Å². The Morgan fingerprint density at radius 2 is 2.06 bits per heavy atom. The number of methoxy groups -OCH3 is 1. The van der Waals surface area contributed by atoms with E-state index < -0.39 is 17.5 Å². The average molecular weight is 506 g/mol. The fraction of sp³-hybridized carbons (Fsp3) is 0.400. The van der Waals surface area contributed by atoms with Gasteiger partial charge in [-0.25, -0.2) is 4.39 Å². The van der Waals surface area contributed by atoms with Gasteiger partial charge in [-0.05, 0) is 42.3 Å². The Hall–Kier alpha value is -2.85. The van der Waals surface area contributed by atoms with Gasteiger partial charge < -0.3 is 24.4 Å². The van der Waals surface area contributed by atoms with Crippen LogP contribution in [0.25, 0.3) is 0 Å². The molecule has 4 rings (SSSR count). The first kappa shape index (κ1) is 25.2. The van der Waals surface area contributed by atoms with Crippen molar-refractivity contribution in [2.45, 2.75) is 31.2 Å². The zero-order valence-corrected chi connectivity index (χ0v) is 20.2. The number of likely N-dealkylation sites (tertiary alicyclic amines) is 1. The molecule has 35 heavy (non-hydrogen) atoms. The summed E-state index contributed by atoms with van der Waals surface area (Å²) in [5.41, 5.74) is -0.533. The lowest BCUT2D eigenvalue weighted by molar-refractivity contribution is -0.140. The van der Waals surface area contributed by atoms with Crippen LogP contribution >= 0.6 is 11.6 Å². The molecule has 1 aromatic heterocycles. The molecule has 0 amide bonds. The van der Waals surface area contributed by atoms with Gasteiger partial charge >= 0.3 is 0 Å². The molecule has 1 fully saturated rings. The number of piperidine rings is 1. The van der Waals surface area contributed by atoms with Crippen molar-refractivity contribution >= 4 is 11.6 Å². The van der Waals surface area contributed by atoms with Crippen molar-refractivity contribution in [1.29, 1.82) is 0 Å². The minimum Gasteiger partial charge on any atom is -0.493 e. The number of β-amino-alcohol motifs (C(OH)–C–C–N with tert-alkyl or cyclic N) is 1. The molecule has 3 aromatic rings. The molecule has 1 aliphatic heterocycles. The van der Waals surface area contributed by atoms with Gasteiger partial charge in [-0.2, -0.15) is 5.10 Å². The number of nitrogens with zero attached hydrogens (tertiary/aromatic N) is 3. The van der Waals surface area contributed by atoms with Crippen molar-refractivity contribution in [3.8, 4) is 17.2 Å². The Kier molecular flexibility index (Phi) is 8.12. The highest BCUT2D eigenvalue weighted by Crippen LogP contribution is 2.30. The van der Waals surface area contributed by atoms with Gasteiger partial charge in [0.25, 0.3) is 0 Å². The predicted octanol–water partition coefficient (Wildman–Crippen LogP) is 3.14. The molecular formula is C25H29ClFN3O5. The van der Waals surface area contributed by atoms with E-state index in [0.717, 1.165) is 11.6 Å². The largest absolute Gasteiger partial charge is 0.493 e. The van der Waals surface area contributed by atoms with Crippen molar-refractivity contribution in [3.05, 3.63) is 71.3 Å². The lowest BCUT2D eigenvalue weighted by atomic mass is 9.90. The second-order valence-electron chi connectivity index (χ2n) is 8.59. The molecule has 0 saturated carbocycles. The van der Waals surface area contributed by atoms with E-state index in [-0.39, 0.29) is 23.9 Å². The number of aromatic nitrogens is 2. The van der Waals surface area contributed by atoms with E-state index in [2.05, 4.69) is 5.10 Å². The van der Waals surface area contributed by atoms with E-state index in [0.29, 0.717) is 44.2 Å². The maximum absolute atomic E-state index is 13.7. The Balaban J connectivity index is 1.35. The number of halogens is 2. The van der Waals surface area contributed by atoms with Crippen molar-refractivity contribution in [2.24, 2.45) is 0 Å². The normalized spacial score (nSPS) is 20.5. The SMILES string of the molecule is COc1cc(CN2CC[C@H](O)[C@@](O)(COc3ccc(Cl)c(F)c3)C2)ccc1OCCn1cccn1. The van der Waals surface area contributed by atoms with Gasteiger partial charge in [-0.1, -0.05) is 17.7 Å². The van der Waals surface area contributed by atoms with Gasteiger partial charge in [0.2, 0.25) is 0 Å². The van der Waals surface area contributed by atoms with Gasteiger partial charge in [0, 0.05) is 38.1 Å². The molecular weight excluding hydrogens is 477 g/mol. The third kappa shape index (κ3) is 6.43. The van der Waals surface area contributed by atoms with E-state index in [4.69, 9.17) is 25.8 Å². The van der Waals surface area contributed by atoms with Crippen LogP contribution < -0.4 is 14.2 Å². The van der Waals surface area contributed by atoms with Crippen molar-refractivity contribution in [1.82, 2.24) is 14.7 Å². The highest BCUT2D eigenvalue weighted by Gasteiger charge is 2.42. The molecule has 2 heterocycles. The maximum Gasteiger partial charge on any atom is 0.161 e. The number of ether oxygens (including phenoxy) is 3.